The quantitative estimate of drug-likeness (QED) is 0.699. The van der Waals surface area contributed by atoms with Gasteiger partial charge < -0.3 is 20.5 Å². The lowest BCUT2D eigenvalue weighted by Gasteiger charge is -2.09. The molecule has 0 unspecified atom stereocenters. The summed E-state index contributed by atoms with van der Waals surface area (Å²) in [6.45, 7) is -0.907. The van der Waals surface area contributed by atoms with Crippen LogP contribution in [0.1, 0.15) is 10.4 Å². The minimum atomic E-state index is -0.741. The molecule has 3 N–H and O–H groups in total. The molecule has 0 bridgehead atoms. The molecular formula is C17H14Cl2N2O5. The van der Waals surface area contributed by atoms with Crippen molar-refractivity contribution in [2.45, 2.75) is 0 Å². The number of amides is 2. The highest BCUT2D eigenvalue weighted by Crippen LogP contribution is 2.27. The largest absolute Gasteiger partial charge is 0.480 e. The zero-order chi connectivity index (χ0) is 19.1. The van der Waals surface area contributed by atoms with Crippen LogP contribution < -0.4 is 15.8 Å². The topological polar surface area (TPSA) is 108 Å². The number of nitrogens with one attached hydrogen (secondary N) is 1. The molecule has 0 saturated carbocycles. The third-order valence-electron chi connectivity index (χ3n) is 3.06. The van der Waals surface area contributed by atoms with E-state index in [0.717, 1.165) is 0 Å². The molecule has 2 amide bonds. The van der Waals surface area contributed by atoms with Gasteiger partial charge in [-0.2, -0.15) is 0 Å². The first-order valence-electron chi connectivity index (χ1n) is 7.28. The average Bonchev–Trinajstić information content (AvgIpc) is 2.59. The smallest absolute Gasteiger partial charge is 0.344 e. The molecule has 26 heavy (non-hydrogen) atoms. The second kappa shape index (κ2) is 9.07. The molecule has 9 heteroatoms. The zero-order valence-electron chi connectivity index (χ0n) is 13.3. The Morgan fingerprint density at radius 1 is 1.00 bits per heavy atom. The fourth-order valence-electron chi connectivity index (χ4n) is 1.83. The number of nitrogens with two attached hydrogens (primary N) is 1. The van der Waals surface area contributed by atoms with Crippen LogP contribution in [0.4, 0.5) is 5.69 Å². The molecule has 136 valence electrons. The van der Waals surface area contributed by atoms with Crippen molar-refractivity contribution in [3.8, 4) is 5.75 Å². The number of halogens is 2. The van der Waals surface area contributed by atoms with E-state index in [9.17, 15) is 14.4 Å². The zero-order valence-corrected chi connectivity index (χ0v) is 14.8. The van der Waals surface area contributed by atoms with Crippen molar-refractivity contribution in [3.05, 3.63) is 58.1 Å². The molecule has 0 spiro atoms. The molecule has 0 atom stereocenters. The molecule has 7 nitrogen and oxygen atoms in total. The van der Waals surface area contributed by atoms with Gasteiger partial charge in [0, 0.05) is 16.3 Å². The monoisotopic (exact) mass is 396 g/mol. The SMILES string of the molecule is NC(=O)c1ccc(NC(=O)COC(=O)COc2ccc(Cl)cc2Cl)cc1. The van der Waals surface area contributed by atoms with Gasteiger partial charge in [-0.3, -0.25) is 9.59 Å². The van der Waals surface area contributed by atoms with Crippen molar-refractivity contribution in [1.29, 1.82) is 0 Å². The molecule has 0 aromatic heterocycles. The van der Waals surface area contributed by atoms with Gasteiger partial charge in [-0.15, -0.1) is 0 Å². The fraction of sp³-hybridized carbons (Fsp3) is 0.118. The van der Waals surface area contributed by atoms with Gasteiger partial charge in [0.1, 0.15) is 5.75 Å². The number of hydrogen-bond donors (Lipinski definition) is 2. The maximum Gasteiger partial charge on any atom is 0.344 e. The van der Waals surface area contributed by atoms with Crippen molar-refractivity contribution in [2.75, 3.05) is 18.5 Å². The van der Waals surface area contributed by atoms with Crippen molar-refractivity contribution < 1.29 is 23.9 Å². The summed E-state index contributed by atoms with van der Waals surface area (Å²) < 4.78 is 10.0. The van der Waals surface area contributed by atoms with Crippen LogP contribution in [0.2, 0.25) is 10.0 Å². The number of ether oxygens (including phenoxy) is 2. The van der Waals surface area contributed by atoms with Crippen molar-refractivity contribution in [1.82, 2.24) is 0 Å². The van der Waals surface area contributed by atoms with Gasteiger partial charge in [0.25, 0.3) is 5.91 Å². The summed E-state index contributed by atoms with van der Waals surface area (Å²) in [6, 6.07) is 10.5. The van der Waals surface area contributed by atoms with E-state index in [1.807, 2.05) is 0 Å². The lowest BCUT2D eigenvalue weighted by Crippen LogP contribution is -2.23. The molecule has 0 radical (unpaired) electrons. The van der Waals surface area contributed by atoms with E-state index in [-0.39, 0.29) is 10.8 Å². The summed E-state index contributed by atoms with van der Waals surface area (Å²) >= 11 is 11.7. The molecule has 2 rings (SSSR count). The number of carbonyl (C=O) groups excluding carboxylic acids is 3. The van der Waals surface area contributed by atoms with Gasteiger partial charge in [-0.05, 0) is 42.5 Å². The molecule has 0 fully saturated rings. The van der Waals surface area contributed by atoms with Gasteiger partial charge in [0.2, 0.25) is 5.91 Å². The molecule has 0 aliphatic rings. The number of benzene rings is 2. The van der Waals surface area contributed by atoms with Gasteiger partial charge in [-0.25, -0.2) is 4.79 Å². The van der Waals surface area contributed by atoms with Crippen LogP contribution in [0, 0.1) is 0 Å². The predicted molar refractivity (Wildman–Crippen MR) is 96.5 cm³/mol. The van der Waals surface area contributed by atoms with E-state index in [0.29, 0.717) is 16.3 Å². The number of esters is 1. The Labute approximate surface area is 159 Å². The van der Waals surface area contributed by atoms with E-state index in [4.69, 9.17) is 38.4 Å². The van der Waals surface area contributed by atoms with E-state index < -0.39 is 31.0 Å². The molecule has 0 heterocycles. The summed E-state index contributed by atoms with van der Waals surface area (Å²) in [5.41, 5.74) is 5.87. The van der Waals surface area contributed by atoms with Crippen LogP contribution in [0.25, 0.3) is 0 Å². The standard InChI is InChI=1S/C17H14Cl2N2O5/c18-11-3-6-14(13(19)7-11)25-9-16(23)26-8-15(22)21-12-4-1-10(2-5-12)17(20)24/h1-7H,8-9H2,(H2,20,24)(H,21,22). The number of primary amides is 1. The molecular weight excluding hydrogens is 383 g/mol. The minimum Gasteiger partial charge on any atom is -0.480 e. The highest BCUT2D eigenvalue weighted by Gasteiger charge is 2.11. The van der Waals surface area contributed by atoms with E-state index in [1.165, 1.54) is 36.4 Å². The third kappa shape index (κ3) is 5.94. The first kappa shape index (κ1) is 19.6. The molecule has 2 aromatic rings. The maximum atomic E-state index is 11.7. The van der Waals surface area contributed by atoms with Crippen LogP contribution in [-0.2, 0) is 14.3 Å². The van der Waals surface area contributed by atoms with Crippen molar-refractivity contribution in [3.63, 3.8) is 0 Å². The van der Waals surface area contributed by atoms with Crippen molar-refractivity contribution in [2.24, 2.45) is 5.73 Å². The predicted octanol–water partition coefficient (Wildman–Crippen LogP) is 2.65. The fourth-order valence-corrected chi connectivity index (χ4v) is 2.29. The van der Waals surface area contributed by atoms with Gasteiger partial charge in [0.05, 0.1) is 5.02 Å². The van der Waals surface area contributed by atoms with Crippen LogP contribution in [0.15, 0.2) is 42.5 Å². The van der Waals surface area contributed by atoms with Crippen LogP contribution in [-0.4, -0.2) is 31.0 Å². The number of carbonyl (C=O) groups is 3. The summed E-state index contributed by atoms with van der Waals surface area (Å²) in [6.07, 6.45) is 0. The Hall–Kier alpha value is -2.77. The van der Waals surface area contributed by atoms with Crippen LogP contribution in [0.3, 0.4) is 0 Å². The first-order valence-corrected chi connectivity index (χ1v) is 8.04. The van der Waals surface area contributed by atoms with Crippen LogP contribution >= 0.6 is 23.2 Å². The molecule has 0 saturated heterocycles. The Kier molecular flexibility index (Phi) is 6.82. The maximum absolute atomic E-state index is 11.7. The minimum absolute atomic E-state index is 0.252. The van der Waals surface area contributed by atoms with Crippen molar-refractivity contribution >= 4 is 46.7 Å². The molecule has 0 aliphatic carbocycles. The van der Waals surface area contributed by atoms with E-state index in [1.54, 1.807) is 6.07 Å². The van der Waals surface area contributed by atoms with E-state index in [2.05, 4.69) is 5.32 Å². The van der Waals surface area contributed by atoms with Crippen LogP contribution in [0.5, 0.6) is 5.75 Å². The summed E-state index contributed by atoms with van der Waals surface area (Å²) in [5, 5.41) is 3.20. The summed E-state index contributed by atoms with van der Waals surface area (Å²) in [7, 11) is 0. The second-order valence-electron chi connectivity index (χ2n) is 5.01. The number of rotatable bonds is 7. The van der Waals surface area contributed by atoms with Gasteiger partial charge >= 0.3 is 5.97 Å². The lowest BCUT2D eigenvalue weighted by molar-refractivity contribution is -0.149. The highest BCUT2D eigenvalue weighted by molar-refractivity contribution is 6.35. The summed E-state index contributed by atoms with van der Waals surface area (Å²) in [4.78, 5) is 34.3. The Morgan fingerprint density at radius 3 is 2.31 bits per heavy atom. The highest BCUT2D eigenvalue weighted by atomic mass is 35.5. The van der Waals surface area contributed by atoms with E-state index >= 15 is 0 Å². The Balaban J connectivity index is 1.76. The lowest BCUT2D eigenvalue weighted by atomic mass is 10.2. The molecule has 2 aromatic carbocycles. The first-order chi connectivity index (χ1) is 12.3. The van der Waals surface area contributed by atoms with Gasteiger partial charge in [-0.1, -0.05) is 23.2 Å². The number of anilines is 1. The normalized spacial score (nSPS) is 10.1. The third-order valence-corrected chi connectivity index (χ3v) is 3.59. The van der Waals surface area contributed by atoms with Gasteiger partial charge in [0.15, 0.2) is 13.2 Å². The molecule has 0 aliphatic heterocycles. The second-order valence-corrected chi connectivity index (χ2v) is 5.86. The number of hydrogen-bond acceptors (Lipinski definition) is 5. The summed E-state index contributed by atoms with van der Waals surface area (Å²) in [5.74, 6) is -1.59. The Bertz CT molecular complexity index is 824. The Morgan fingerprint density at radius 2 is 1.69 bits per heavy atom. The average molecular weight is 397 g/mol.